The number of fused-ring (bicyclic) bond motifs is 1. The lowest BCUT2D eigenvalue weighted by atomic mass is 9.93. The minimum Gasteiger partial charge on any atom is -0.464 e. The average Bonchev–Trinajstić information content (AvgIpc) is 2.79. The van der Waals surface area contributed by atoms with E-state index in [2.05, 4.69) is 0 Å². The molecule has 94 valence electrons. The second kappa shape index (κ2) is 4.09. The fraction of sp³-hybridized carbons (Fsp3) is 0.636. The van der Waals surface area contributed by atoms with Gasteiger partial charge in [0, 0.05) is 25.0 Å². The van der Waals surface area contributed by atoms with E-state index in [0.29, 0.717) is 0 Å². The maximum absolute atomic E-state index is 12.6. The second-order valence-corrected chi connectivity index (χ2v) is 4.27. The molecule has 1 atom stereocenters. The van der Waals surface area contributed by atoms with Gasteiger partial charge in [0.1, 0.15) is 5.54 Å². The normalized spacial score (nSPS) is 27.4. The molecule has 0 unspecified atom stereocenters. The molecular weight excluding hydrogens is 232 g/mol. The van der Waals surface area contributed by atoms with Crippen LogP contribution in [-0.4, -0.2) is 35.5 Å². The van der Waals surface area contributed by atoms with E-state index in [1.54, 1.807) is 6.92 Å². The van der Waals surface area contributed by atoms with Crippen molar-refractivity contribution in [1.29, 1.82) is 0 Å². The van der Waals surface area contributed by atoms with Crippen molar-refractivity contribution < 1.29 is 23.1 Å². The Morgan fingerprint density at radius 2 is 2.24 bits per heavy atom. The van der Waals surface area contributed by atoms with Crippen molar-refractivity contribution in [2.45, 2.75) is 31.7 Å². The Kier molecular flexibility index (Phi) is 2.89. The summed E-state index contributed by atoms with van der Waals surface area (Å²) in [6.45, 7) is 1.68. The quantitative estimate of drug-likeness (QED) is 0.692. The van der Waals surface area contributed by atoms with Crippen LogP contribution in [0.25, 0.3) is 0 Å². The summed E-state index contributed by atoms with van der Waals surface area (Å²) in [4.78, 5) is 24.7. The van der Waals surface area contributed by atoms with Crippen LogP contribution in [0.3, 0.4) is 0 Å². The molecule has 0 saturated carbocycles. The zero-order chi connectivity index (χ0) is 12.6. The van der Waals surface area contributed by atoms with E-state index in [1.165, 1.54) is 4.90 Å². The van der Waals surface area contributed by atoms with Crippen molar-refractivity contribution in [2.75, 3.05) is 13.2 Å². The molecular formula is C11H13F2NO3. The summed E-state index contributed by atoms with van der Waals surface area (Å²) in [5.74, 6) is -0.823. The van der Waals surface area contributed by atoms with Crippen LogP contribution in [0.4, 0.5) is 8.78 Å². The summed E-state index contributed by atoms with van der Waals surface area (Å²) in [5, 5.41) is 0. The number of ether oxygens (including phenoxy) is 1. The number of hydrogen-bond donors (Lipinski definition) is 0. The van der Waals surface area contributed by atoms with Gasteiger partial charge in [-0.1, -0.05) is 0 Å². The van der Waals surface area contributed by atoms with Crippen molar-refractivity contribution in [2.24, 2.45) is 0 Å². The predicted octanol–water partition coefficient (Wildman–Crippen LogP) is 1.47. The number of halogens is 2. The molecule has 4 nitrogen and oxygen atoms in total. The summed E-state index contributed by atoms with van der Waals surface area (Å²) in [5.41, 5.74) is -1.31. The highest BCUT2D eigenvalue weighted by atomic mass is 19.3. The summed E-state index contributed by atoms with van der Waals surface area (Å²) in [7, 11) is 0. The molecule has 0 N–H and O–H groups in total. The van der Waals surface area contributed by atoms with Gasteiger partial charge in [-0.05, 0) is 13.3 Å². The van der Waals surface area contributed by atoms with Crippen LogP contribution < -0.4 is 0 Å². The molecule has 0 spiro atoms. The first kappa shape index (κ1) is 12.0. The van der Waals surface area contributed by atoms with Gasteiger partial charge in [0.15, 0.2) is 0 Å². The van der Waals surface area contributed by atoms with Gasteiger partial charge in [-0.2, -0.15) is 8.78 Å². The Bertz CT molecular complexity index is 404. The molecule has 2 saturated heterocycles. The fourth-order valence-corrected chi connectivity index (χ4v) is 2.52. The predicted molar refractivity (Wildman–Crippen MR) is 54.2 cm³/mol. The number of esters is 1. The molecule has 2 heterocycles. The Balaban J connectivity index is 2.33. The zero-order valence-corrected chi connectivity index (χ0v) is 9.46. The third-order valence-corrected chi connectivity index (χ3v) is 3.35. The summed E-state index contributed by atoms with van der Waals surface area (Å²) in [6.07, 6.45) is -1.41. The Morgan fingerprint density at radius 3 is 2.82 bits per heavy atom. The number of rotatable bonds is 2. The van der Waals surface area contributed by atoms with Crippen LogP contribution in [0.1, 0.15) is 26.2 Å². The van der Waals surface area contributed by atoms with Crippen LogP contribution in [0.15, 0.2) is 11.7 Å². The van der Waals surface area contributed by atoms with Crippen LogP contribution in [0, 0.1) is 0 Å². The zero-order valence-electron chi connectivity index (χ0n) is 9.46. The minimum atomic E-state index is -1.80. The Hall–Kier alpha value is -1.46. The largest absolute Gasteiger partial charge is 0.464 e. The van der Waals surface area contributed by atoms with Crippen LogP contribution >= 0.6 is 0 Å². The van der Waals surface area contributed by atoms with Crippen LogP contribution in [-0.2, 0) is 14.3 Å². The molecule has 6 heteroatoms. The monoisotopic (exact) mass is 245 g/mol. The summed E-state index contributed by atoms with van der Waals surface area (Å²) >= 11 is 0. The van der Waals surface area contributed by atoms with E-state index >= 15 is 0 Å². The van der Waals surface area contributed by atoms with E-state index in [0.717, 1.165) is 0 Å². The van der Waals surface area contributed by atoms with Crippen molar-refractivity contribution >= 4 is 11.9 Å². The lowest BCUT2D eigenvalue weighted by molar-refractivity contribution is -0.157. The first-order valence-electron chi connectivity index (χ1n) is 5.52. The van der Waals surface area contributed by atoms with Crippen molar-refractivity contribution in [3.63, 3.8) is 0 Å². The third kappa shape index (κ3) is 1.71. The third-order valence-electron chi connectivity index (χ3n) is 3.35. The van der Waals surface area contributed by atoms with Gasteiger partial charge in [-0.25, -0.2) is 4.79 Å². The molecule has 0 aromatic carbocycles. The topological polar surface area (TPSA) is 46.6 Å². The van der Waals surface area contributed by atoms with Gasteiger partial charge in [-0.15, -0.1) is 0 Å². The molecule has 2 aliphatic rings. The van der Waals surface area contributed by atoms with E-state index < -0.39 is 17.6 Å². The molecule has 0 radical (unpaired) electrons. The molecule has 2 rings (SSSR count). The fourth-order valence-electron chi connectivity index (χ4n) is 2.52. The first-order valence-corrected chi connectivity index (χ1v) is 5.52. The maximum Gasteiger partial charge on any atom is 0.332 e. The SMILES string of the molecule is CCOC(=O)[C@@]12CCC(=O)N1CC(=C(F)F)C2. The smallest absolute Gasteiger partial charge is 0.332 e. The van der Waals surface area contributed by atoms with Crippen molar-refractivity contribution in [3.8, 4) is 0 Å². The highest BCUT2D eigenvalue weighted by molar-refractivity contribution is 5.93. The highest BCUT2D eigenvalue weighted by Crippen LogP contribution is 2.44. The van der Waals surface area contributed by atoms with E-state index in [1.807, 2.05) is 0 Å². The molecule has 1 amide bonds. The minimum absolute atomic E-state index is 0.0973. The van der Waals surface area contributed by atoms with Gasteiger partial charge in [0.2, 0.25) is 5.91 Å². The molecule has 0 bridgehead atoms. The molecule has 0 aliphatic carbocycles. The standard InChI is InChI=1S/C11H13F2NO3/c1-2-17-10(16)11-4-3-8(15)14(11)6-7(5-11)9(12)13/h2-6H2,1H3/t11-/m0/s1. The number of carbonyl (C=O) groups is 2. The van der Waals surface area contributed by atoms with Crippen LogP contribution in [0.5, 0.6) is 0 Å². The van der Waals surface area contributed by atoms with Gasteiger partial charge in [0.05, 0.1) is 6.61 Å². The van der Waals surface area contributed by atoms with E-state index in [9.17, 15) is 18.4 Å². The number of hydrogen-bond acceptors (Lipinski definition) is 3. The number of nitrogens with zero attached hydrogens (tertiary/aromatic N) is 1. The molecule has 17 heavy (non-hydrogen) atoms. The summed E-state index contributed by atoms with van der Waals surface area (Å²) in [6, 6.07) is 0. The second-order valence-electron chi connectivity index (χ2n) is 4.27. The van der Waals surface area contributed by atoms with Gasteiger partial charge < -0.3 is 9.64 Å². The van der Waals surface area contributed by atoms with Crippen molar-refractivity contribution in [1.82, 2.24) is 4.90 Å². The highest BCUT2D eigenvalue weighted by Gasteiger charge is 2.57. The Labute approximate surface area is 97.2 Å². The number of amides is 1. The lowest BCUT2D eigenvalue weighted by Crippen LogP contribution is -2.48. The average molecular weight is 245 g/mol. The molecule has 2 aliphatic heterocycles. The van der Waals surface area contributed by atoms with E-state index in [4.69, 9.17) is 4.74 Å². The van der Waals surface area contributed by atoms with Gasteiger partial charge in [-0.3, -0.25) is 4.79 Å². The van der Waals surface area contributed by atoms with Crippen LogP contribution in [0.2, 0.25) is 0 Å². The van der Waals surface area contributed by atoms with Crippen molar-refractivity contribution in [3.05, 3.63) is 11.7 Å². The molecule has 0 aromatic heterocycles. The first-order chi connectivity index (χ1) is 8.01. The van der Waals surface area contributed by atoms with Gasteiger partial charge >= 0.3 is 5.97 Å². The van der Waals surface area contributed by atoms with E-state index in [-0.39, 0.29) is 43.9 Å². The van der Waals surface area contributed by atoms with Gasteiger partial charge in [0.25, 0.3) is 6.08 Å². The number of carbonyl (C=O) groups excluding carboxylic acids is 2. The molecule has 0 aromatic rings. The maximum atomic E-state index is 12.6. The molecule has 2 fully saturated rings. The Morgan fingerprint density at radius 1 is 1.53 bits per heavy atom. The summed E-state index contributed by atoms with van der Waals surface area (Å²) < 4.78 is 30.1. The lowest BCUT2D eigenvalue weighted by Gasteiger charge is -2.28.